The van der Waals surface area contributed by atoms with Crippen molar-refractivity contribution in [2.45, 2.75) is 51.3 Å². The molecule has 1 saturated carbocycles. The van der Waals surface area contributed by atoms with E-state index in [1.807, 2.05) is 20.8 Å². The van der Waals surface area contributed by atoms with E-state index in [1.54, 1.807) is 18.3 Å². The Morgan fingerprint density at radius 1 is 1.26 bits per heavy atom. The lowest BCUT2D eigenvalue weighted by Gasteiger charge is -2.17. The number of anilines is 1. The van der Waals surface area contributed by atoms with Crippen molar-refractivity contribution in [2.24, 2.45) is 0 Å². The number of nitrogens with zero attached hydrogens (tertiary/aromatic N) is 4. The standard InChI is InChI=1S/C22H26N6O4S2/c1-4-16(17-10-14(8-9-24-17)28-34(30,31)15-6-7-15)27-21(29)22-25-13(3)20(33-22)18-11-23-12-19(26-18)32-5-2/h8-12,15-16H,4-7H2,1-3H3,(H,24,28)(H,27,29)/t16-/m0/s1. The minimum absolute atomic E-state index is 0.292. The number of carbonyl (C=O) groups excluding carboxylic acids is 1. The second-order valence-corrected chi connectivity index (χ2v) is 10.8. The molecule has 3 aromatic heterocycles. The molecule has 0 aromatic carbocycles. The molecule has 1 amide bonds. The van der Waals surface area contributed by atoms with Crippen LogP contribution in [0.25, 0.3) is 10.6 Å². The van der Waals surface area contributed by atoms with Gasteiger partial charge < -0.3 is 10.1 Å². The Kier molecular flexibility index (Phi) is 7.08. The van der Waals surface area contributed by atoms with Gasteiger partial charge in [0.25, 0.3) is 5.91 Å². The van der Waals surface area contributed by atoms with Gasteiger partial charge in [0.05, 0.1) is 52.2 Å². The zero-order valence-electron chi connectivity index (χ0n) is 19.1. The van der Waals surface area contributed by atoms with Gasteiger partial charge in [0.1, 0.15) is 5.69 Å². The monoisotopic (exact) mass is 502 g/mol. The highest BCUT2D eigenvalue weighted by Gasteiger charge is 2.35. The predicted octanol–water partition coefficient (Wildman–Crippen LogP) is 3.49. The molecule has 0 bridgehead atoms. The Morgan fingerprint density at radius 2 is 2.06 bits per heavy atom. The maximum atomic E-state index is 13.0. The fourth-order valence-electron chi connectivity index (χ4n) is 3.34. The van der Waals surface area contributed by atoms with E-state index in [0.29, 0.717) is 59.5 Å². The molecule has 3 heterocycles. The number of hydrogen-bond acceptors (Lipinski definition) is 9. The third kappa shape index (κ3) is 5.50. The Balaban J connectivity index is 1.50. The molecule has 10 nitrogen and oxygen atoms in total. The zero-order chi connectivity index (χ0) is 24.3. The van der Waals surface area contributed by atoms with E-state index in [9.17, 15) is 13.2 Å². The van der Waals surface area contributed by atoms with Gasteiger partial charge in [-0.25, -0.2) is 18.4 Å². The number of amides is 1. The zero-order valence-corrected chi connectivity index (χ0v) is 20.7. The second kappa shape index (κ2) is 10.0. The van der Waals surface area contributed by atoms with Gasteiger partial charge >= 0.3 is 0 Å². The summed E-state index contributed by atoms with van der Waals surface area (Å²) in [6.45, 7) is 6.07. The average molecular weight is 503 g/mol. The number of rotatable bonds is 10. The molecule has 0 radical (unpaired) electrons. The topological polar surface area (TPSA) is 136 Å². The van der Waals surface area contributed by atoms with Crippen molar-refractivity contribution >= 4 is 33.0 Å². The molecular weight excluding hydrogens is 476 g/mol. The van der Waals surface area contributed by atoms with Gasteiger partial charge in [0.2, 0.25) is 15.9 Å². The highest BCUT2D eigenvalue weighted by atomic mass is 32.2. The predicted molar refractivity (Wildman–Crippen MR) is 129 cm³/mol. The number of sulfonamides is 1. The highest BCUT2D eigenvalue weighted by molar-refractivity contribution is 7.93. The minimum Gasteiger partial charge on any atom is -0.477 e. The van der Waals surface area contributed by atoms with Crippen molar-refractivity contribution in [1.82, 2.24) is 25.3 Å². The lowest BCUT2D eigenvalue weighted by Crippen LogP contribution is -2.28. The molecule has 1 fully saturated rings. The molecule has 1 aliphatic carbocycles. The van der Waals surface area contributed by atoms with Crippen LogP contribution >= 0.6 is 11.3 Å². The van der Waals surface area contributed by atoms with Crippen LogP contribution in [0.2, 0.25) is 0 Å². The Hall–Kier alpha value is -3.12. The van der Waals surface area contributed by atoms with Crippen LogP contribution in [0, 0.1) is 6.92 Å². The van der Waals surface area contributed by atoms with Crippen molar-refractivity contribution in [3.8, 4) is 16.5 Å². The summed E-state index contributed by atoms with van der Waals surface area (Å²) in [5, 5.41) is 2.92. The molecule has 12 heteroatoms. The molecule has 0 aliphatic heterocycles. The lowest BCUT2D eigenvalue weighted by atomic mass is 10.1. The first-order chi connectivity index (χ1) is 16.3. The lowest BCUT2D eigenvalue weighted by molar-refractivity contribution is 0.0934. The summed E-state index contributed by atoms with van der Waals surface area (Å²) in [6, 6.07) is 2.85. The van der Waals surface area contributed by atoms with Gasteiger partial charge in [0.15, 0.2) is 5.01 Å². The number of nitrogens with one attached hydrogen (secondary N) is 2. The number of carbonyl (C=O) groups is 1. The third-order valence-electron chi connectivity index (χ3n) is 5.20. The first kappa shape index (κ1) is 24.0. The van der Waals surface area contributed by atoms with E-state index in [-0.39, 0.29) is 11.2 Å². The number of ether oxygens (including phenoxy) is 1. The van der Waals surface area contributed by atoms with Gasteiger partial charge in [-0.15, -0.1) is 11.3 Å². The molecule has 180 valence electrons. The number of thiazole rings is 1. The van der Waals surface area contributed by atoms with E-state index >= 15 is 0 Å². The van der Waals surface area contributed by atoms with Crippen LogP contribution in [0.4, 0.5) is 5.69 Å². The fourth-order valence-corrected chi connectivity index (χ4v) is 5.64. The summed E-state index contributed by atoms with van der Waals surface area (Å²) in [5.74, 6) is 0.0685. The molecule has 0 saturated heterocycles. The normalized spacial score (nSPS) is 14.4. The minimum atomic E-state index is -3.38. The average Bonchev–Trinajstić information content (AvgIpc) is 3.60. The van der Waals surface area contributed by atoms with Gasteiger partial charge in [-0.1, -0.05) is 6.92 Å². The molecule has 2 N–H and O–H groups in total. The number of aryl methyl sites for hydroxylation is 1. The SMILES string of the molecule is CCOc1cncc(-c2sc(C(=O)N[C@@H](CC)c3cc(NS(=O)(=O)C4CC4)ccn3)nc2C)n1. The molecule has 3 aromatic rings. The molecule has 1 aliphatic rings. The van der Waals surface area contributed by atoms with Gasteiger partial charge in [0, 0.05) is 6.20 Å². The smallest absolute Gasteiger partial charge is 0.280 e. The van der Waals surface area contributed by atoms with Gasteiger partial charge in [-0.3, -0.25) is 19.5 Å². The quantitative estimate of drug-likeness (QED) is 0.430. The van der Waals surface area contributed by atoms with E-state index in [2.05, 4.69) is 30.0 Å². The van der Waals surface area contributed by atoms with Crippen LogP contribution in [0.15, 0.2) is 30.7 Å². The summed E-state index contributed by atoms with van der Waals surface area (Å²) in [7, 11) is -3.38. The van der Waals surface area contributed by atoms with E-state index in [0.717, 1.165) is 4.88 Å². The van der Waals surface area contributed by atoms with E-state index in [4.69, 9.17) is 4.74 Å². The fraction of sp³-hybridized carbons (Fsp3) is 0.409. The van der Waals surface area contributed by atoms with Crippen LogP contribution in [-0.4, -0.2) is 46.1 Å². The van der Waals surface area contributed by atoms with Crippen molar-refractivity contribution in [1.29, 1.82) is 0 Å². The molecule has 0 spiro atoms. The number of aromatic nitrogens is 4. The first-order valence-corrected chi connectivity index (χ1v) is 13.4. The molecule has 0 unspecified atom stereocenters. The Bertz CT molecular complexity index is 1290. The van der Waals surface area contributed by atoms with E-state index < -0.39 is 16.1 Å². The van der Waals surface area contributed by atoms with Crippen LogP contribution in [0.1, 0.15) is 60.3 Å². The van der Waals surface area contributed by atoms with Crippen molar-refractivity contribution in [3.63, 3.8) is 0 Å². The Labute approximate surface area is 202 Å². The number of pyridine rings is 1. The largest absolute Gasteiger partial charge is 0.477 e. The van der Waals surface area contributed by atoms with Crippen LogP contribution in [-0.2, 0) is 10.0 Å². The highest BCUT2D eigenvalue weighted by Crippen LogP contribution is 2.31. The van der Waals surface area contributed by atoms with Crippen LogP contribution in [0.3, 0.4) is 0 Å². The summed E-state index contributed by atoms with van der Waals surface area (Å²) in [4.78, 5) is 31.1. The molecule has 4 rings (SSSR count). The molecule has 34 heavy (non-hydrogen) atoms. The van der Waals surface area contributed by atoms with Crippen molar-refractivity contribution < 1.29 is 17.9 Å². The third-order valence-corrected chi connectivity index (χ3v) is 8.25. The molecular formula is C22H26N6O4S2. The van der Waals surface area contributed by atoms with Crippen LogP contribution < -0.4 is 14.8 Å². The summed E-state index contributed by atoms with van der Waals surface area (Å²) in [6.07, 6.45) is 6.60. The van der Waals surface area contributed by atoms with Crippen molar-refractivity contribution in [3.05, 3.63) is 47.1 Å². The first-order valence-electron chi connectivity index (χ1n) is 11.0. The van der Waals surface area contributed by atoms with Gasteiger partial charge in [-0.05, 0) is 45.2 Å². The van der Waals surface area contributed by atoms with Crippen LogP contribution in [0.5, 0.6) is 5.88 Å². The number of hydrogen-bond donors (Lipinski definition) is 2. The maximum absolute atomic E-state index is 13.0. The summed E-state index contributed by atoms with van der Waals surface area (Å²) >= 11 is 1.22. The van der Waals surface area contributed by atoms with Crippen molar-refractivity contribution in [2.75, 3.05) is 11.3 Å². The maximum Gasteiger partial charge on any atom is 0.280 e. The van der Waals surface area contributed by atoms with E-state index in [1.165, 1.54) is 23.7 Å². The Morgan fingerprint density at radius 3 is 2.76 bits per heavy atom. The van der Waals surface area contributed by atoms with Gasteiger partial charge in [-0.2, -0.15) is 0 Å². The molecule has 1 atom stereocenters. The second-order valence-electron chi connectivity index (χ2n) is 7.86. The summed E-state index contributed by atoms with van der Waals surface area (Å²) in [5.41, 5.74) is 2.26. The summed E-state index contributed by atoms with van der Waals surface area (Å²) < 4.78 is 32.5.